The van der Waals surface area contributed by atoms with Crippen LogP contribution in [0.25, 0.3) is 0 Å². The SMILES string of the molecule is CNc1cccc(B(O)OC(C)(C)C(C)(C)O)c1. The standard InChI is InChI=1S/C13H22BNO3/c1-12(2,16)13(3,4)18-14(17)10-7-6-8-11(9-10)15-5/h6-9,15-17H,1-5H3. The Bertz CT molecular complexity index is 401. The molecule has 100 valence electrons. The van der Waals surface area contributed by atoms with Crippen molar-refractivity contribution in [1.82, 2.24) is 0 Å². The molecule has 0 aliphatic rings. The fraction of sp³-hybridized carbons (Fsp3) is 0.538. The van der Waals surface area contributed by atoms with Gasteiger partial charge < -0.3 is 20.1 Å². The highest BCUT2D eigenvalue weighted by Crippen LogP contribution is 2.25. The average Bonchev–Trinajstić information content (AvgIpc) is 2.27. The van der Waals surface area contributed by atoms with Gasteiger partial charge in [-0.1, -0.05) is 12.1 Å². The molecule has 0 fully saturated rings. The molecule has 4 nitrogen and oxygen atoms in total. The normalized spacial score (nSPS) is 12.4. The Hall–Kier alpha value is -1.04. The summed E-state index contributed by atoms with van der Waals surface area (Å²) in [6, 6.07) is 7.33. The van der Waals surface area contributed by atoms with Gasteiger partial charge in [0.05, 0.1) is 11.2 Å². The fourth-order valence-corrected chi connectivity index (χ4v) is 1.34. The third-order valence-electron chi connectivity index (χ3n) is 3.34. The van der Waals surface area contributed by atoms with Gasteiger partial charge in [-0.2, -0.15) is 0 Å². The van der Waals surface area contributed by atoms with Crippen molar-refractivity contribution in [2.24, 2.45) is 0 Å². The van der Waals surface area contributed by atoms with Crippen molar-refractivity contribution in [3.63, 3.8) is 0 Å². The van der Waals surface area contributed by atoms with E-state index in [0.717, 1.165) is 5.69 Å². The highest BCUT2D eigenvalue weighted by atomic mass is 16.5. The van der Waals surface area contributed by atoms with Crippen LogP contribution in [-0.4, -0.2) is 35.5 Å². The van der Waals surface area contributed by atoms with Gasteiger partial charge in [0.25, 0.3) is 0 Å². The Morgan fingerprint density at radius 2 is 1.83 bits per heavy atom. The molecule has 0 radical (unpaired) electrons. The van der Waals surface area contributed by atoms with Crippen LogP contribution in [-0.2, 0) is 4.65 Å². The van der Waals surface area contributed by atoms with Gasteiger partial charge in [-0.3, -0.25) is 0 Å². The molecule has 3 N–H and O–H groups in total. The number of rotatable bonds is 5. The van der Waals surface area contributed by atoms with Crippen LogP contribution in [0.15, 0.2) is 24.3 Å². The number of benzene rings is 1. The van der Waals surface area contributed by atoms with Gasteiger partial charge in [0, 0.05) is 12.7 Å². The molecule has 0 saturated carbocycles. The Morgan fingerprint density at radius 1 is 1.22 bits per heavy atom. The number of anilines is 1. The van der Waals surface area contributed by atoms with E-state index in [1.54, 1.807) is 33.8 Å². The van der Waals surface area contributed by atoms with Crippen molar-refractivity contribution >= 4 is 18.3 Å². The Kier molecular flexibility index (Phi) is 4.43. The van der Waals surface area contributed by atoms with Gasteiger partial charge in [0.15, 0.2) is 0 Å². The Balaban J connectivity index is 2.85. The molecular formula is C13H22BNO3. The van der Waals surface area contributed by atoms with E-state index in [9.17, 15) is 10.1 Å². The molecule has 5 heteroatoms. The van der Waals surface area contributed by atoms with Gasteiger partial charge in [0.1, 0.15) is 0 Å². The summed E-state index contributed by atoms with van der Waals surface area (Å²) in [5.41, 5.74) is -0.355. The molecule has 0 atom stereocenters. The lowest BCUT2D eigenvalue weighted by Gasteiger charge is -2.38. The zero-order valence-electron chi connectivity index (χ0n) is 11.7. The molecule has 1 rings (SSSR count). The van der Waals surface area contributed by atoms with Crippen LogP contribution in [0, 0.1) is 0 Å². The maximum absolute atomic E-state index is 10.1. The first kappa shape index (κ1) is 15.0. The first-order valence-corrected chi connectivity index (χ1v) is 6.03. The van der Waals surface area contributed by atoms with Gasteiger partial charge >= 0.3 is 7.12 Å². The molecule has 1 aromatic rings. The quantitative estimate of drug-likeness (QED) is 0.683. The second-order valence-electron chi connectivity index (χ2n) is 5.42. The Morgan fingerprint density at radius 3 is 2.33 bits per heavy atom. The molecule has 0 spiro atoms. The van der Waals surface area contributed by atoms with Gasteiger partial charge in [0.2, 0.25) is 0 Å². The van der Waals surface area contributed by atoms with Crippen molar-refractivity contribution in [2.75, 3.05) is 12.4 Å². The molecule has 18 heavy (non-hydrogen) atoms. The summed E-state index contributed by atoms with van der Waals surface area (Å²) in [6.45, 7) is 6.81. The van der Waals surface area contributed by atoms with Crippen LogP contribution in [0.3, 0.4) is 0 Å². The molecule has 0 saturated heterocycles. The molecule has 0 amide bonds. The molecule has 1 aromatic carbocycles. The van der Waals surface area contributed by atoms with E-state index in [0.29, 0.717) is 5.46 Å². The van der Waals surface area contributed by atoms with Crippen LogP contribution in [0.4, 0.5) is 5.69 Å². The maximum Gasteiger partial charge on any atom is 0.491 e. The van der Waals surface area contributed by atoms with E-state index < -0.39 is 18.3 Å². The lowest BCUT2D eigenvalue weighted by Crippen LogP contribution is -2.53. The van der Waals surface area contributed by atoms with Gasteiger partial charge in [-0.15, -0.1) is 0 Å². The monoisotopic (exact) mass is 251 g/mol. The minimum atomic E-state index is -1.07. The lowest BCUT2D eigenvalue weighted by molar-refractivity contribution is -0.0982. The summed E-state index contributed by atoms with van der Waals surface area (Å²) in [4.78, 5) is 0. The van der Waals surface area contributed by atoms with E-state index in [2.05, 4.69) is 5.32 Å². The number of hydrogen-bond donors (Lipinski definition) is 3. The third-order valence-corrected chi connectivity index (χ3v) is 3.34. The van der Waals surface area contributed by atoms with E-state index in [1.165, 1.54) is 0 Å². The number of hydrogen-bond acceptors (Lipinski definition) is 4. The lowest BCUT2D eigenvalue weighted by atomic mass is 9.76. The van der Waals surface area contributed by atoms with E-state index in [4.69, 9.17) is 4.65 Å². The van der Waals surface area contributed by atoms with Crippen molar-refractivity contribution in [1.29, 1.82) is 0 Å². The summed E-state index contributed by atoms with van der Waals surface area (Å²) < 4.78 is 5.57. The number of nitrogens with one attached hydrogen (secondary N) is 1. The van der Waals surface area contributed by atoms with Gasteiger partial charge in [-0.05, 0) is 45.3 Å². The topological polar surface area (TPSA) is 61.7 Å². The molecule has 0 aliphatic carbocycles. The predicted octanol–water partition coefficient (Wildman–Crippen LogP) is 0.982. The molecular weight excluding hydrogens is 229 g/mol. The van der Waals surface area contributed by atoms with Crippen LogP contribution in [0.5, 0.6) is 0 Å². The highest BCUT2D eigenvalue weighted by molar-refractivity contribution is 6.60. The van der Waals surface area contributed by atoms with Crippen molar-refractivity contribution in [2.45, 2.75) is 38.9 Å². The summed E-state index contributed by atoms with van der Waals surface area (Å²) in [6.07, 6.45) is 0. The first-order valence-electron chi connectivity index (χ1n) is 6.03. The maximum atomic E-state index is 10.1. The second kappa shape index (κ2) is 5.30. The zero-order chi connectivity index (χ0) is 14.0. The van der Waals surface area contributed by atoms with Crippen molar-refractivity contribution in [3.05, 3.63) is 24.3 Å². The highest BCUT2D eigenvalue weighted by Gasteiger charge is 2.39. The molecule has 0 aromatic heterocycles. The van der Waals surface area contributed by atoms with Crippen LogP contribution in [0.1, 0.15) is 27.7 Å². The van der Waals surface area contributed by atoms with E-state index in [-0.39, 0.29) is 0 Å². The van der Waals surface area contributed by atoms with Crippen LogP contribution < -0.4 is 10.8 Å². The summed E-state index contributed by atoms with van der Waals surface area (Å²) in [5.74, 6) is 0. The third kappa shape index (κ3) is 3.48. The first-order chi connectivity index (χ1) is 8.17. The Labute approximate surface area is 109 Å². The minimum Gasteiger partial charge on any atom is -0.423 e. The van der Waals surface area contributed by atoms with Gasteiger partial charge in [-0.25, -0.2) is 0 Å². The van der Waals surface area contributed by atoms with E-state index >= 15 is 0 Å². The van der Waals surface area contributed by atoms with Crippen LogP contribution >= 0.6 is 0 Å². The summed E-state index contributed by atoms with van der Waals surface area (Å²) >= 11 is 0. The molecule has 0 aliphatic heterocycles. The minimum absolute atomic E-state index is 0.652. The smallest absolute Gasteiger partial charge is 0.423 e. The predicted molar refractivity (Wildman–Crippen MR) is 75.1 cm³/mol. The van der Waals surface area contributed by atoms with Crippen molar-refractivity contribution in [3.8, 4) is 0 Å². The summed E-state index contributed by atoms with van der Waals surface area (Å²) in [5, 5.41) is 23.1. The molecule has 0 bridgehead atoms. The average molecular weight is 251 g/mol. The largest absolute Gasteiger partial charge is 0.491 e. The second-order valence-corrected chi connectivity index (χ2v) is 5.42. The fourth-order valence-electron chi connectivity index (χ4n) is 1.34. The van der Waals surface area contributed by atoms with Crippen molar-refractivity contribution < 1.29 is 14.8 Å². The van der Waals surface area contributed by atoms with E-state index in [1.807, 2.05) is 25.2 Å². The number of aliphatic hydroxyl groups is 1. The molecule has 0 unspecified atom stereocenters. The summed E-state index contributed by atoms with van der Waals surface area (Å²) in [7, 11) is 0.743. The molecule has 0 heterocycles. The van der Waals surface area contributed by atoms with Crippen LogP contribution in [0.2, 0.25) is 0 Å². The zero-order valence-corrected chi connectivity index (χ0v) is 11.7.